The predicted octanol–water partition coefficient (Wildman–Crippen LogP) is 6.37. The van der Waals surface area contributed by atoms with Crippen LogP contribution in [-0.2, 0) is 9.47 Å². The van der Waals surface area contributed by atoms with Crippen LogP contribution >= 0.6 is 0 Å². The van der Waals surface area contributed by atoms with Crippen LogP contribution in [0.25, 0.3) is 39.1 Å². The predicted molar refractivity (Wildman–Crippen MR) is 154 cm³/mol. The summed E-state index contributed by atoms with van der Waals surface area (Å²) >= 11 is 0. The van der Waals surface area contributed by atoms with E-state index in [2.05, 4.69) is 54.4 Å². The van der Waals surface area contributed by atoms with E-state index < -0.39 is 0 Å². The second-order valence-electron chi connectivity index (χ2n) is 12.0. The van der Waals surface area contributed by atoms with Gasteiger partial charge >= 0.3 is 0 Å². The molecule has 9 heteroatoms. The molecule has 0 radical (unpaired) electrons. The van der Waals surface area contributed by atoms with Crippen LogP contribution in [0.5, 0.6) is 5.75 Å². The summed E-state index contributed by atoms with van der Waals surface area (Å²) in [7, 11) is 1.60. The van der Waals surface area contributed by atoms with E-state index in [0.717, 1.165) is 60.1 Å². The molecular formula is C31H37N5O4. The van der Waals surface area contributed by atoms with E-state index in [4.69, 9.17) is 18.6 Å². The monoisotopic (exact) mass is 543 g/mol. The lowest BCUT2D eigenvalue weighted by Gasteiger charge is -2.41. The van der Waals surface area contributed by atoms with Crippen LogP contribution in [0, 0.1) is 0 Å². The first-order valence-corrected chi connectivity index (χ1v) is 13.9. The fourth-order valence-electron chi connectivity index (χ4n) is 6.01. The van der Waals surface area contributed by atoms with Crippen LogP contribution in [0.15, 0.2) is 53.4 Å². The summed E-state index contributed by atoms with van der Waals surface area (Å²) in [5.74, 6) is 0.644. The fraction of sp³-hybridized carbons (Fsp3) is 0.452. The van der Waals surface area contributed by atoms with E-state index in [9.17, 15) is 0 Å². The molecule has 3 aromatic heterocycles. The van der Waals surface area contributed by atoms with Gasteiger partial charge in [-0.15, -0.1) is 10.2 Å². The van der Waals surface area contributed by atoms with Crippen LogP contribution in [0.4, 0.5) is 0 Å². The largest absolute Gasteiger partial charge is 0.467 e. The Hall–Kier alpha value is -3.53. The lowest BCUT2D eigenvalue weighted by Crippen LogP contribution is -2.53. The molecule has 1 atom stereocenters. The maximum atomic E-state index is 6.02. The SMILES string of the molecule is COCOc1cc(-c2cnn(C3CCCCO3)c2)ccc1-c1cc2occ(C3=CC(C)(C)NC(C)(C)C3)c2nn1. The van der Waals surface area contributed by atoms with Crippen LogP contribution in [0.2, 0.25) is 0 Å². The van der Waals surface area contributed by atoms with E-state index in [1.807, 2.05) is 41.3 Å². The Balaban J connectivity index is 1.32. The Kier molecular flexibility index (Phi) is 6.98. The first kappa shape index (κ1) is 26.7. The van der Waals surface area contributed by atoms with Crippen molar-refractivity contribution in [3.8, 4) is 28.1 Å². The molecule has 0 spiro atoms. The molecule has 6 rings (SSSR count). The van der Waals surface area contributed by atoms with Crippen molar-refractivity contribution in [3.05, 3.63) is 54.6 Å². The van der Waals surface area contributed by atoms with E-state index in [1.165, 1.54) is 5.57 Å². The highest BCUT2D eigenvalue weighted by Crippen LogP contribution is 2.39. The van der Waals surface area contributed by atoms with Crippen LogP contribution in [0.3, 0.4) is 0 Å². The highest BCUT2D eigenvalue weighted by Gasteiger charge is 2.33. The zero-order valence-corrected chi connectivity index (χ0v) is 23.9. The highest BCUT2D eigenvalue weighted by atomic mass is 16.7. The smallest absolute Gasteiger partial charge is 0.188 e. The van der Waals surface area contributed by atoms with Crippen molar-refractivity contribution >= 4 is 16.7 Å². The third-order valence-electron chi connectivity index (χ3n) is 7.47. The number of rotatable bonds is 7. The fourth-order valence-corrected chi connectivity index (χ4v) is 6.01. The zero-order valence-electron chi connectivity index (χ0n) is 23.9. The van der Waals surface area contributed by atoms with Gasteiger partial charge in [0, 0.05) is 53.7 Å². The van der Waals surface area contributed by atoms with Crippen molar-refractivity contribution < 1.29 is 18.6 Å². The molecule has 9 nitrogen and oxygen atoms in total. The second-order valence-corrected chi connectivity index (χ2v) is 12.0. The summed E-state index contributed by atoms with van der Waals surface area (Å²) in [6.07, 6.45) is 12.0. The van der Waals surface area contributed by atoms with E-state index in [0.29, 0.717) is 17.0 Å². The summed E-state index contributed by atoms with van der Waals surface area (Å²) in [4.78, 5) is 0. The summed E-state index contributed by atoms with van der Waals surface area (Å²) in [5.41, 5.74) is 6.90. The molecule has 0 amide bonds. The minimum Gasteiger partial charge on any atom is -0.467 e. The van der Waals surface area contributed by atoms with Gasteiger partial charge < -0.3 is 23.9 Å². The molecule has 1 fully saturated rings. The van der Waals surface area contributed by atoms with Crippen LogP contribution < -0.4 is 10.1 Å². The number of methoxy groups -OCH3 is 1. The van der Waals surface area contributed by atoms with E-state index >= 15 is 0 Å². The zero-order chi connectivity index (χ0) is 27.9. The molecule has 210 valence electrons. The molecule has 1 unspecified atom stereocenters. The number of nitrogens with one attached hydrogen (secondary N) is 1. The van der Waals surface area contributed by atoms with Gasteiger partial charge in [-0.25, -0.2) is 4.68 Å². The van der Waals surface area contributed by atoms with Crippen molar-refractivity contribution in [2.45, 2.75) is 70.7 Å². The molecule has 1 N–H and O–H groups in total. The molecule has 40 heavy (non-hydrogen) atoms. The maximum absolute atomic E-state index is 6.02. The van der Waals surface area contributed by atoms with Crippen molar-refractivity contribution in [2.24, 2.45) is 0 Å². The number of furan rings is 1. The molecule has 1 saturated heterocycles. The van der Waals surface area contributed by atoms with Crippen molar-refractivity contribution in [1.29, 1.82) is 0 Å². The van der Waals surface area contributed by atoms with Crippen molar-refractivity contribution in [3.63, 3.8) is 0 Å². The number of hydrogen-bond acceptors (Lipinski definition) is 8. The van der Waals surface area contributed by atoms with Gasteiger partial charge in [0.2, 0.25) is 0 Å². The minimum atomic E-state index is -0.136. The van der Waals surface area contributed by atoms with E-state index in [1.54, 1.807) is 13.4 Å². The summed E-state index contributed by atoms with van der Waals surface area (Å²) < 4.78 is 25.0. The first-order valence-electron chi connectivity index (χ1n) is 13.9. The number of aromatic nitrogens is 4. The lowest BCUT2D eigenvalue weighted by atomic mass is 9.81. The molecule has 0 bridgehead atoms. The van der Waals surface area contributed by atoms with Gasteiger partial charge in [-0.1, -0.05) is 12.1 Å². The molecule has 1 aromatic carbocycles. The van der Waals surface area contributed by atoms with Gasteiger partial charge in [0.25, 0.3) is 0 Å². The van der Waals surface area contributed by atoms with Gasteiger partial charge in [-0.05, 0) is 76.6 Å². The Morgan fingerprint density at radius 2 is 1.95 bits per heavy atom. The molecule has 0 saturated carbocycles. The average Bonchev–Trinajstić information content (AvgIpc) is 3.58. The first-order chi connectivity index (χ1) is 19.2. The standard InChI is InChI=1S/C31H37N5O4/c1-30(2)14-21(15-31(3,4)35-30)24-18-39-27-13-25(33-34-29(24)27)23-10-9-20(12-26(23)40-19-37-5)22-16-32-36(17-22)28-8-6-7-11-38-28/h9-10,12-14,16-18,28,35H,6-8,11,15,19H2,1-5H3. The molecule has 2 aliphatic rings. The normalized spacial score (nSPS) is 20.4. The summed E-state index contributed by atoms with van der Waals surface area (Å²) in [5, 5.41) is 17.5. The Morgan fingerprint density at radius 1 is 1.07 bits per heavy atom. The lowest BCUT2D eigenvalue weighted by molar-refractivity contribution is -0.0394. The third kappa shape index (κ3) is 5.41. The van der Waals surface area contributed by atoms with Crippen LogP contribution in [-0.4, -0.2) is 51.6 Å². The van der Waals surface area contributed by atoms with Gasteiger partial charge in [0.1, 0.15) is 29.5 Å². The molecule has 2 aliphatic heterocycles. The Labute approximate surface area is 234 Å². The van der Waals surface area contributed by atoms with Gasteiger partial charge in [-0.3, -0.25) is 0 Å². The van der Waals surface area contributed by atoms with Crippen molar-refractivity contribution in [1.82, 2.24) is 25.3 Å². The number of fused-ring (bicyclic) bond motifs is 1. The molecule has 4 aromatic rings. The number of benzene rings is 1. The molecular weight excluding hydrogens is 506 g/mol. The summed E-state index contributed by atoms with van der Waals surface area (Å²) in [6, 6.07) is 7.95. The van der Waals surface area contributed by atoms with Gasteiger partial charge in [0.05, 0.1) is 6.20 Å². The topological polar surface area (TPSA) is 96.5 Å². The summed E-state index contributed by atoms with van der Waals surface area (Å²) in [6.45, 7) is 9.68. The average molecular weight is 544 g/mol. The molecule has 0 aliphatic carbocycles. The van der Waals surface area contributed by atoms with E-state index in [-0.39, 0.29) is 24.1 Å². The number of hydrogen-bond donors (Lipinski definition) is 1. The highest BCUT2D eigenvalue weighted by molar-refractivity contribution is 5.90. The molecule has 5 heterocycles. The van der Waals surface area contributed by atoms with Crippen molar-refractivity contribution in [2.75, 3.05) is 20.5 Å². The van der Waals surface area contributed by atoms with Crippen LogP contribution in [0.1, 0.15) is 65.2 Å². The second kappa shape index (κ2) is 10.5. The van der Waals surface area contributed by atoms with Gasteiger partial charge in [0.15, 0.2) is 12.4 Å². The number of ether oxygens (including phenoxy) is 3. The Morgan fingerprint density at radius 3 is 2.73 bits per heavy atom. The minimum absolute atomic E-state index is 0.0102. The quantitative estimate of drug-likeness (QED) is 0.269. The maximum Gasteiger partial charge on any atom is 0.188 e. The Bertz CT molecular complexity index is 1540. The third-order valence-corrected chi connectivity index (χ3v) is 7.47. The number of nitrogens with zero attached hydrogens (tertiary/aromatic N) is 4. The van der Waals surface area contributed by atoms with Gasteiger partial charge in [-0.2, -0.15) is 5.10 Å².